The van der Waals surface area contributed by atoms with Gasteiger partial charge in [0.15, 0.2) is 0 Å². The molecular weight excluding hydrogens is 346 g/mol. The van der Waals surface area contributed by atoms with E-state index < -0.39 is 6.03 Å². The van der Waals surface area contributed by atoms with Crippen LogP contribution in [0.3, 0.4) is 0 Å². The molecule has 27 heavy (non-hydrogen) atoms. The van der Waals surface area contributed by atoms with Gasteiger partial charge in [-0.3, -0.25) is 10.1 Å². The minimum Gasteiger partial charge on any atom is -0.473 e. The van der Waals surface area contributed by atoms with Crippen LogP contribution in [0.25, 0.3) is 11.3 Å². The van der Waals surface area contributed by atoms with Crippen LogP contribution >= 0.6 is 0 Å². The molecule has 1 aromatic carbocycles. The van der Waals surface area contributed by atoms with Crippen LogP contribution < -0.4 is 26.9 Å². The molecule has 3 rings (SSSR count). The Bertz CT molecular complexity index is 954. The minimum atomic E-state index is -0.626. The van der Waals surface area contributed by atoms with Gasteiger partial charge in [0.2, 0.25) is 5.88 Å². The molecule has 2 heterocycles. The largest absolute Gasteiger partial charge is 0.473 e. The highest BCUT2D eigenvalue weighted by Crippen LogP contribution is 2.25. The van der Waals surface area contributed by atoms with Gasteiger partial charge in [-0.05, 0) is 24.6 Å². The van der Waals surface area contributed by atoms with Crippen LogP contribution in [0.2, 0.25) is 0 Å². The minimum absolute atomic E-state index is 0.192. The zero-order valence-electron chi connectivity index (χ0n) is 15.1. The van der Waals surface area contributed by atoms with Crippen LogP contribution in [0.15, 0.2) is 48.8 Å². The van der Waals surface area contributed by atoms with Crippen molar-refractivity contribution in [1.29, 1.82) is 0 Å². The molecule has 0 fully saturated rings. The fourth-order valence-electron chi connectivity index (χ4n) is 2.63. The summed E-state index contributed by atoms with van der Waals surface area (Å²) in [5, 5.41) is 5.10. The highest BCUT2D eigenvalue weighted by atomic mass is 16.5. The summed E-state index contributed by atoms with van der Waals surface area (Å²) in [6.07, 6.45) is 3.62. The molecule has 3 aromatic rings. The normalized spacial score (nSPS) is 10.5. The van der Waals surface area contributed by atoms with Gasteiger partial charge in [-0.25, -0.2) is 26.5 Å². The number of nitrogens with zero attached hydrogens (tertiary/aromatic N) is 4. The van der Waals surface area contributed by atoms with Crippen molar-refractivity contribution in [1.82, 2.24) is 20.2 Å². The molecule has 0 radical (unpaired) electrons. The van der Waals surface area contributed by atoms with Crippen molar-refractivity contribution in [2.75, 3.05) is 5.01 Å². The van der Waals surface area contributed by atoms with Gasteiger partial charge in [0.1, 0.15) is 6.61 Å². The lowest BCUT2D eigenvalue weighted by atomic mass is 10.1. The Hall–Kier alpha value is -3.43. The number of rotatable bonds is 5. The fourth-order valence-corrected chi connectivity index (χ4v) is 2.63. The first kappa shape index (κ1) is 18.4. The van der Waals surface area contributed by atoms with Gasteiger partial charge >= 0.3 is 6.03 Å². The van der Waals surface area contributed by atoms with E-state index in [2.05, 4.69) is 10.1 Å². The number of ether oxygens (including phenoxy) is 1. The maximum atomic E-state index is 11.8. The first-order valence-corrected chi connectivity index (χ1v) is 8.22. The summed E-state index contributed by atoms with van der Waals surface area (Å²) in [5.41, 5.74) is 5.86. The molecule has 2 aromatic heterocycles. The molecular formula is C18H21N7O2. The highest BCUT2D eigenvalue weighted by molar-refractivity contribution is 5.91. The van der Waals surface area contributed by atoms with Gasteiger partial charge in [-0.15, -0.1) is 0 Å². The summed E-state index contributed by atoms with van der Waals surface area (Å²) in [5.74, 6) is 11.5. The Kier molecular flexibility index (Phi) is 5.34. The Balaban J connectivity index is 1.82. The van der Waals surface area contributed by atoms with Gasteiger partial charge in [0.25, 0.3) is 0 Å². The van der Waals surface area contributed by atoms with Crippen LogP contribution in [0.4, 0.5) is 10.5 Å². The smallest absolute Gasteiger partial charge is 0.350 e. The second-order valence-corrected chi connectivity index (χ2v) is 5.94. The monoisotopic (exact) mass is 367 g/mol. The van der Waals surface area contributed by atoms with Gasteiger partial charge in [0.05, 0.1) is 17.6 Å². The number of hydrogen-bond acceptors (Lipinski definition) is 6. The number of aromatic nitrogens is 3. The number of nitrogens with one attached hydrogen (secondary N) is 1. The standard InChI is InChI=1S/C18H21N7O2/c1-12-5-3-7-16(25(20)18(26)23-19)14(12)11-27-17-8-4-6-15(22-17)13-9-21-24(2)10-13/h3-10H,11,19-20H2,1-2H3,(H,23,26). The lowest BCUT2D eigenvalue weighted by Crippen LogP contribution is -2.48. The van der Waals surface area contributed by atoms with Crippen LogP contribution in [-0.2, 0) is 13.7 Å². The first-order chi connectivity index (χ1) is 13.0. The summed E-state index contributed by atoms with van der Waals surface area (Å²) >= 11 is 0. The number of pyridine rings is 1. The Labute approximate surface area is 156 Å². The van der Waals surface area contributed by atoms with Gasteiger partial charge in [-0.2, -0.15) is 5.10 Å². The zero-order valence-corrected chi connectivity index (χ0v) is 15.1. The first-order valence-electron chi connectivity index (χ1n) is 8.22. The molecule has 0 atom stereocenters. The Morgan fingerprint density at radius 2 is 2.07 bits per heavy atom. The maximum Gasteiger partial charge on any atom is 0.350 e. The molecule has 0 saturated carbocycles. The molecule has 9 nitrogen and oxygen atoms in total. The Morgan fingerprint density at radius 1 is 1.30 bits per heavy atom. The number of urea groups is 1. The molecule has 2 amide bonds. The van der Waals surface area contributed by atoms with Crippen molar-refractivity contribution in [2.45, 2.75) is 13.5 Å². The number of hydrogen-bond donors (Lipinski definition) is 3. The molecule has 0 spiro atoms. The molecule has 9 heteroatoms. The van der Waals surface area contributed by atoms with E-state index >= 15 is 0 Å². The Morgan fingerprint density at radius 3 is 2.78 bits per heavy atom. The number of nitrogens with two attached hydrogens (primary N) is 2. The number of benzene rings is 1. The van der Waals surface area contributed by atoms with E-state index in [0.29, 0.717) is 11.6 Å². The van der Waals surface area contributed by atoms with Crippen molar-refractivity contribution in [3.63, 3.8) is 0 Å². The van der Waals surface area contributed by atoms with Gasteiger partial charge in [0, 0.05) is 30.4 Å². The average molecular weight is 367 g/mol. The second-order valence-electron chi connectivity index (χ2n) is 5.94. The number of carbonyl (C=O) groups is 1. The van der Waals surface area contributed by atoms with Gasteiger partial charge in [-0.1, -0.05) is 18.2 Å². The van der Waals surface area contributed by atoms with E-state index in [-0.39, 0.29) is 6.61 Å². The second kappa shape index (κ2) is 7.85. The zero-order chi connectivity index (χ0) is 19.4. The highest BCUT2D eigenvalue weighted by Gasteiger charge is 2.16. The summed E-state index contributed by atoms with van der Waals surface area (Å²) in [4.78, 5) is 16.3. The van der Waals surface area contributed by atoms with Crippen LogP contribution in [0.5, 0.6) is 5.88 Å². The third kappa shape index (κ3) is 4.05. The fraction of sp³-hybridized carbons (Fsp3) is 0.167. The summed E-state index contributed by atoms with van der Waals surface area (Å²) in [6.45, 7) is 2.10. The number of aryl methyl sites for hydroxylation is 2. The SMILES string of the molecule is Cc1cccc(N(N)C(=O)NN)c1COc1cccc(-c2cnn(C)c2)n1. The molecule has 0 saturated heterocycles. The van der Waals surface area contributed by atoms with E-state index in [1.54, 1.807) is 29.1 Å². The van der Waals surface area contributed by atoms with Crippen LogP contribution in [-0.4, -0.2) is 20.8 Å². The molecule has 0 aliphatic heterocycles. The van der Waals surface area contributed by atoms with Crippen LogP contribution in [0, 0.1) is 6.92 Å². The van der Waals surface area contributed by atoms with E-state index in [4.69, 9.17) is 16.4 Å². The molecule has 140 valence electrons. The van der Waals surface area contributed by atoms with E-state index in [0.717, 1.165) is 27.4 Å². The van der Waals surface area contributed by atoms with Crippen molar-refractivity contribution >= 4 is 11.7 Å². The number of hydrazine groups is 2. The van der Waals surface area contributed by atoms with E-state index in [1.807, 2.05) is 43.8 Å². The molecule has 0 bridgehead atoms. The van der Waals surface area contributed by atoms with Crippen molar-refractivity contribution < 1.29 is 9.53 Å². The third-order valence-corrected chi connectivity index (χ3v) is 4.08. The van der Waals surface area contributed by atoms with Crippen LogP contribution in [0.1, 0.15) is 11.1 Å². The van der Waals surface area contributed by atoms with E-state index in [1.165, 1.54) is 0 Å². The molecule has 5 N–H and O–H groups in total. The third-order valence-electron chi connectivity index (χ3n) is 4.08. The number of amides is 2. The lowest BCUT2D eigenvalue weighted by Gasteiger charge is -2.21. The number of anilines is 1. The quantitative estimate of drug-likeness (QED) is 0.358. The van der Waals surface area contributed by atoms with E-state index in [9.17, 15) is 4.79 Å². The van der Waals surface area contributed by atoms with Crippen molar-refractivity contribution in [3.05, 3.63) is 59.9 Å². The van der Waals surface area contributed by atoms with Crippen molar-refractivity contribution in [3.8, 4) is 17.1 Å². The predicted molar refractivity (Wildman–Crippen MR) is 101 cm³/mol. The summed E-state index contributed by atoms with van der Waals surface area (Å²) in [6, 6.07) is 10.3. The molecule has 0 aliphatic rings. The maximum absolute atomic E-state index is 11.8. The lowest BCUT2D eigenvalue weighted by molar-refractivity contribution is 0.246. The summed E-state index contributed by atoms with van der Waals surface area (Å²) < 4.78 is 7.57. The topological polar surface area (TPSA) is 124 Å². The molecule has 0 aliphatic carbocycles. The average Bonchev–Trinajstić information content (AvgIpc) is 3.12. The molecule has 0 unspecified atom stereocenters. The summed E-state index contributed by atoms with van der Waals surface area (Å²) in [7, 11) is 1.85. The van der Waals surface area contributed by atoms with Crippen molar-refractivity contribution in [2.24, 2.45) is 18.7 Å². The van der Waals surface area contributed by atoms with Gasteiger partial charge < -0.3 is 4.74 Å². The predicted octanol–water partition coefficient (Wildman–Crippen LogP) is 1.63. The number of carbonyl (C=O) groups excluding carboxylic acids is 1.